The molecule has 0 atom stereocenters. The van der Waals surface area contributed by atoms with E-state index in [9.17, 15) is 9.59 Å². The summed E-state index contributed by atoms with van der Waals surface area (Å²) in [4.78, 5) is 26.2. The first-order chi connectivity index (χ1) is 14.5. The molecule has 0 unspecified atom stereocenters. The van der Waals surface area contributed by atoms with Crippen LogP contribution in [-0.2, 0) is 23.2 Å². The van der Waals surface area contributed by atoms with Gasteiger partial charge in [0.2, 0.25) is 11.8 Å². The molecule has 8 nitrogen and oxygen atoms in total. The Kier molecular flexibility index (Phi) is 5.91. The maximum atomic E-state index is 12.8. The van der Waals surface area contributed by atoms with Crippen LogP contribution in [0.2, 0.25) is 5.02 Å². The molecule has 0 spiro atoms. The van der Waals surface area contributed by atoms with Crippen LogP contribution in [0.15, 0.2) is 53.7 Å². The molecule has 4 rings (SSSR count). The number of carbonyl (C=O) groups is 2. The van der Waals surface area contributed by atoms with Crippen molar-refractivity contribution >= 4 is 46.6 Å². The van der Waals surface area contributed by atoms with Gasteiger partial charge in [-0.25, -0.2) is 0 Å². The fourth-order valence-electron chi connectivity index (χ4n) is 2.94. The number of ether oxygens (including phenoxy) is 1. The molecule has 2 aromatic carbocycles. The number of aromatic nitrogens is 3. The number of nitrogens with one attached hydrogen (secondary N) is 1. The molecule has 0 radical (unpaired) electrons. The molecule has 0 saturated heterocycles. The van der Waals surface area contributed by atoms with Gasteiger partial charge in [-0.1, -0.05) is 35.5 Å². The van der Waals surface area contributed by atoms with Crippen molar-refractivity contribution in [1.29, 1.82) is 0 Å². The van der Waals surface area contributed by atoms with Crippen molar-refractivity contribution in [3.05, 3.63) is 59.4 Å². The Labute approximate surface area is 182 Å². The standard InChI is InChI=1S/C20H18ClN5O3S/c1-25-17(11-29-14-8-6-13(21)7-9-14)23-24-20(25)30-12-19(28)26-10-18(27)22-15-4-2-3-5-16(15)26/h2-9H,10-12H2,1H3,(H,22,27). The van der Waals surface area contributed by atoms with Crippen molar-refractivity contribution < 1.29 is 14.3 Å². The van der Waals surface area contributed by atoms with E-state index in [-0.39, 0.29) is 30.7 Å². The minimum absolute atomic E-state index is 0.00456. The molecule has 1 N–H and O–H groups in total. The number of nitrogens with zero attached hydrogens (tertiary/aromatic N) is 4. The van der Waals surface area contributed by atoms with E-state index < -0.39 is 0 Å². The lowest BCUT2D eigenvalue weighted by Crippen LogP contribution is -2.43. The maximum absolute atomic E-state index is 12.8. The summed E-state index contributed by atoms with van der Waals surface area (Å²) >= 11 is 7.13. The summed E-state index contributed by atoms with van der Waals surface area (Å²) in [5.41, 5.74) is 1.32. The molecule has 30 heavy (non-hydrogen) atoms. The van der Waals surface area contributed by atoms with Gasteiger partial charge in [0, 0.05) is 12.1 Å². The Morgan fingerprint density at radius 3 is 2.77 bits per heavy atom. The summed E-state index contributed by atoms with van der Waals surface area (Å²) < 4.78 is 7.48. The smallest absolute Gasteiger partial charge is 0.244 e. The van der Waals surface area contributed by atoms with Gasteiger partial charge in [-0.3, -0.25) is 9.59 Å². The zero-order valence-electron chi connectivity index (χ0n) is 16.0. The molecule has 1 aliphatic heterocycles. The average molecular weight is 444 g/mol. The maximum Gasteiger partial charge on any atom is 0.244 e. The number of para-hydroxylation sites is 2. The number of amides is 2. The lowest BCUT2D eigenvalue weighted by Gasteiger charge is -2.28. The van der Waals surface area contributed by atoms with E-state index in [1.54, 1.807) is 34.9 Å². The summed E-state index contributed by atoms with van der Waals surface area (Å²) in [6.45, 7) is 0.231. The predicted octanol–water partition coefficient (Wildman–Crippen LogP) is 3.12. The Hall–Kier alpha value is -3.04. The molecule has 0 saturated carbocycles. The third-order valence-corrected chi connectivity index (χ3v) is 5.76. The van der Waals surface area contributed by atoms with Gasteiger partial charge in [0.05, 0.1) is 17.1 Å². The van der Waals surface area contributed by atoms with Crippen LogP contribution in [0.1, 0.15) is 5.82 Å². The van der Waals surface area contributed by atoms with Crippen molar-refractivity contribution in [2.24, 2.45) is 7.05 Å². The number of benzene rings is 2. The molecule has 2 amide bonds. The van der Waals surface area contributed by atoms with Crippen LogP contribution in [0.3, 0.4) is 0 Å². The minimum Gasteiger partial charge on any atom is -0.486 e. The Balaban J connectivity index is 1.38. The lowest BCUT2D eigenvalue weighted by molar-refractivity contribution is -0.120. The number of anilines is 2. The van der Waals surface area contributed by atoms with Gasteiger partial charge >= 0.3 is 0 Å². The quantitative estimate of drug-likeness (QED) is 0.589. The first-order valence-electron chi connectivity index (χ1n) is 9.10. The van der Waals surface area contributed by atoms with E-state index in [1.165, 1.54) is 16.7 Å². The number of hydrogen-bond donors (Lipinski definition) is 1. The SMILES string of the molecule is Cn1c(COc2ccc(Cl)cc2)nnc1SCC(=O)N1CC(=O)Nc2ccccc21. The number of hydrogen-bond acceptors (Lipinski definition) is 6. The van der Waals surface area contributed by atoms with E-state index in [4.69, 9.17) is 16.3 Å². The van der Waals surface area contributed by atoms with Gasteiger partial charge < -0.3 is 19.5 Å². The second-order valence-corrected chi connectivity index (χ2v) is 7.91. The van der Waals surface area contributed by atoms with Crippen LogP contribution >= 0.6 is 23.4 Å². The number of rotatable bonds is 6. The molecular formula is C20H18ClN5O3S. The van der Waals surface area contributed by atoms with E-state index in [0.29, 0.717) is 33.1 Å². The highest BCUT2D eigenvalue weighted by atomic mass is 35.5. The molecule has 10 heteroatoms. The molecule has 1 aliphatic rings. The highest BCUT2D eigenvalue weighted by Gasteiger charge is 2.26. The van der Waals surface area contributed by atoms with Crippen LogP contribution in [-0.4, -0.2) is 38.9 Å². The third-order valence-electron chi connectivity index (χ3n) is 4.50. The van der Waals surface area contributed by atoms with Crippen molar-refractivity contribution in [3.63, 3.8) is 0 Å². The van der Waals surface area contributed by atoms with Gasteiger partial charge in [0.15, 0.2) is 11.0 Å². The van der Waals surface area contributed by atoms with Crippen molar-refractivity contribution in [1.82, 2.24) is 14.8 Å². The molecule has 154 valence electrons. The van der Waals surface area contributed by atoms with Crippen LogP contribution in [0.5, 0.6) is 5.75 Å². The normalized spacial score (nSPS) is 13.0. The predicted molar refractivity (Wildman–Crippen MR) is 115 cm³/mol. The average Bonchev–Trinajstić information content (AvgIpc) is 3.10. The molecule has 2 heterocycles. The second kappa shape index (κ2) is 8.76. The molecule has 0 aliphatic carbocycles. The van der Waals surface area contributed by atoms with E-state index >= 15 is 0 Å². The van der Waals surface area contributed by atoms with Crippen LogP contribution in [0.25, 0.3) is 0 Å². The molecule has 1 aromatic heterocycles. The van der Waals surface area contributed by atoms with Crippen LogP contribution < -0.4 is 15.0 Å². The van der Waals surface area contributed by atoms with E-state index in [0.717, 1.165) is 0 Å². The first kappa shape index (κ1) is 20.2. The van der Waals surface area contributed by atoms with Gasteiger partial charge in [-0.05, 0) is 36.4 Å². The molecule has 0 fully saturated rings. The van der Waals surface area contributed by atoms with Gasteiger partial charge in [0.1, 0.15) is 18.9 Å². The van der Waals surface area contributed by atoms with E-state index in [1.807, 2.05) is 25.2 Å². The first-order valence-corrected chi connectivity index (χ1v) is 10.5. The highest BCUT2D eigenvalue weighted by Crippen LogP contribution is 2.30. The summed E-state index contributed by atoms with van der Waals surface area (Å²) in [5.74, 6) is 1.04. The molecule has 3 aromatic rings. The Bertz CT molecular complexity index is 1090. The van der Waals surface area contributed by atoms with Crippen molar-refractivity contribution in [3.8, 4) is 5.75 Å². The molecule has 0 bridgehead atoms. The Morgan fingerprint density at radius 2 is 1.97 bits per heavy atom. The summed E-state index contributed by atoms with van der Waals surface area (Å²) in [7, 11) is 1.82. The van der Waals surface area contributed by atoms with Crippen LogP contribution in [0.4, 0.5) is 11.4 Å². The summed E-state index contributed by atoms with van der Waals surface area (Å²) in [6.07, 6.45) is 0. The molecular weight excluding hydrogens is 426 g/mol. The minimum atomic E-state index is -0.215. The number of fused-ring (bicyclic) bond motifs is 1. The lowest BCUT2D eigenvalue weighted by atomic mass is 10.2. The van der Waals surface area contributed by atoms with Gasteiger partial charge in [-0.15, -0.1) is 10.2 Å². The highest BCUT2D eigenvalue weighted by molar-refractivity contribution is 7.99. The third kappa shape index (κ3) is 4.42. The Morgan fingerprint density at radius 1 is 1.20 bits per heavy atom. The fraction of sp³-hybridized carbons (Fsp3) is 0.200. The van der Waals surface area contributed by atoms with E-state index in [2.05, 4.69) is 15.5 Å². The largest absolute Gasteiger partial charge is 0.486 e. The summed E-state index contributed by atoms with van der Waals surface area (Å²) in [5, 5.41) is 12.3. The second-order valence-electron chi connectivity index (χ2n) is 6.53. The van der Waals surface area contributed by atoms with Gasteiger partial charge in [0.25, 0.3) is 0 Å². The zero-order chi connectivity index (χ0) is 21.1. The van der Waals surface area contributed by atoms with Crippen molar-refractivity contribution in [2.45, 2.75) is 11.8 Å². The van der Waals surface area contributed by atoms with Crippen molar-refractivity contribution in [2.75, 3.05) is 22.5 Å². The number of carbonyl (C=O) groups excluding carboxylic acids is 2. The van der Waals surface area contributed by atoms with Crippen LogP contribution in [0, 0.1) is 0 Å². The number of halogens is 1. The van der Waals surface area contributed by atoms with Gasteiger partial charge in [-0.2, -0.15) is 0 Å². The zero-order valence-corrected chi connectivity index (χ0v) is 17.6. The topological polar surface area (TPSA) is 89.3 Å². The number of thioether (sulfide) groups is 1. The monoisotopic (exact) mass is 443 g/mol. The summed E-state index contributed by atoms with van der Waals surface area (Å²) in [6, 6.07) is 14.3. The fourth-order valence-corrected chi connectivity index (χ4v) is 3.87.